The first-order valence-corrected chi connectivity index (χ1v) is 4.61. The molecular formula is C3H5NO4S2. The van der Waals surface area contributed by atoms with Gasteiger partial charge in [0.05, 0.1) is 0 Å². The Bertz CT molecular complexity index is 225. The molecule has 2 N–H and O–H groups in total. The van der Waals surface area contributed by atoms with Crippen LogP contribution < -0.4 is 5.32 Å². The molecule has 0 saturated heterocycles. The maximum Gasteiger partial charge on any atom is 0.400 e. The molecule has 1 aliphatic heterocycles. The van der Waals surface area contributed by atoms with Gasteiger partial charge in [-0.3, -0.25) is 4.55 Å². The van der Waals surface area contributed by atoms with Crippen LogP contribution in [0.15, 0.2) is 11.6 Å². The van der Waals surface area contributed by atoms with Gasteiger partial charge in [-0.05, 0) is 5.41 Å². The van der Waals surface area contributed by atoms with Crippen LogP contribution in [0, 0.1) is 0 Å². The van der Waals surface area contributed by atoms with Crippen LogP contribution in [0.3, 0.4) is 0 Å². The first-order valence-electron chi connectivity index (χ1n) is 2.30. The van der Waals surface area contributed by atoms with E-state index in [2.05, 4.69) is 9.50 Å². The fourth-order valence-corrected chi connectivity index (χ4v) is 1.64. The van der Waals surface area contributed by atoms with E-state index in [0.29, 0.717) is 0 Å². The van der Waals surface area contributed by atoms with Crippen molar-refractivity contribution in [3.63, 3.8) is 0 Å². The van der Waals surface area contributed by atoms with Gasteiger partial charge in [0.15, 0.2) is 5.56 Å². The third kappa shape index (κ3) is 2.56. The Hall–Kier alpha value is -0.240. The van der Waals surface area contributed by atoms with E-state index in [1.165, 1.54) is 6.20 Å². The predicted octanol–water partition coefficient (Wildman–Crippen LogP) is -0.103. The van der Waals surface area contributed by atoms with Gasteiger partial charge in [0.25, 0.3) is 0 Å². The van der Waals surface area contributed by atoms with Crippen molar-refractivity contribution in [3.05, 3.63) is 11.6 Å². The summed E-state index contributed by atoms with van der Waals surface area (Å²) in [5.74, 6) is 0. The van der Waals surface area contributed by atoms with Gasteiger partial charge in [-0.25, -0.2) is 4.18 Å². The normalized spacial score (nSPS) is 24.7. The molecule has 0 bridgehead atoms. The summed E-state index contributed by atoms with van der Waals surface area (Å²) in [5.41, 5.74) is -0.727. The van der Waals surface area contributed by atoms with Crippen LogP contribution in [0.1, 0.15) is 0 Å². The molecule has 7 heteroatoms. The van der Waals surface area contributed by atoms with E-state index in [4.69, 9.17) is 4.55 Å². The van der Waals surface area contributed by atoms with Gasteiger partial charge in [-0.15, -0.1) is 0 Å². The summed E-state index contributed by atoms with van der Waals surface area (Å²) in [4.78, 5) is 0. The molecule has 0 saturated carbocycles. The molecule has 58 valence electrons. The molecule has 1 unspecified atom stereocenters. The molecule has 0 radical (unpaired) electrons. The van der Waals surface area contributed by atoms with E-state index in [0.717, 1.165) is 11.8 Å². The van der Waals surface area contributed by atoms with E-state index in [9.17, 15) is 8.42 Å². The van der Waals surface area contributed by atoms with E-state index >= 15 is 0 Å². The van der Waals surface area contributed by atoms with Crippen LogP contribution in [-0.2, 0) is 14.6 Å². The number of rotatable bonds is 2. The van der Waals surface area contributed by atoms with Gasteiger partial charge in [-0.1, -0.05) is 11.8 Å². The zero-order chi connectivity index (χ0) is 7.61. The van der Waals surface area contributed by atoms with Crippen LogP contribution in [-0.4, -0.2) is 18.5 Å². The van der Waals surface area contributed by atoms with Crippen molar-refractivity contribution in [1.82, 2.24) is 5.32 Å². The maximum absolute atomic E-state index is 10.0. The van der Waals surface area contributed by atoms with Crippen molar-refractivity contribution >= 4 is 22.2 Å². The lowest BCUT2D eigenvalue weighted by atomic mass is 11.0. The topological polar surface area (TPSA) is 75.6 Å². The maximum atomic E-state index is 10.0. The molecule has 1 aliphatic rings. The van der Waals surface area contributed by atoms with Gasteiger partial charge in [-0.2, -0.15) is 8.42 Å². The molecule has 0 aromatic rings. The lowest BCUT2D eigenvalue weighted by molar-refractivity contribution is 0.236. The number of nitrogens with one attached hydrogen (secondary N) is 1. The summed E-state index contributed by atoms with van der Waals surface area (Å²) in [6.07, 6.45) is 1.53. The average molecular weight is 183 g/mol. The van der Waals surface area contributed by atoms with Gasteiger partial charge in [0.2, 0.25) is 0 Å². The Morgan fingerprint density at radius 1 is 1.70 bits per heavy atom. The monoisotopic (exact) mass is 183 g/mol. The van der Waals surface area contributed by atoms with Gasteiger partial charge < -0.3 is 5.32 Å². The molecule has 0 spiro atoms. The minimum Gasteiger partial charge on any atom is -0.356 e. The zero-order valence-corrected chi connectivity index (χ0v) is 6.35. The summed E-state index contributed by atoms with van der Waals surface area (Å²) in [6.45, 7) is 0. The molecule has 0 amide bonds. The number of hydrogen-bond donors (Lipinski definition) is 2. The van der Waals surface area contributed by atoms with E-state index in [1.54, 1.807) is 5.41 Å². The van der Waals surface area contributed by atoms with Crippen LogP contribution in [0.25, 0.3) is 0 Å². The molecule has 0 aliphatic carbocycles. The second kappa shape index (κ2) is 2.79. The Labute approximate surface area is 62.4 Å². The highest BCUT2D eigenvalue weighted by atomic mass is 32.3. The Kier molecular flexibility index (Phi) is 2.19. The van der Waals surface area contributed by atoms with Crippen molar-refractivity contribution in [1.29, 1.82) is 0 Å². The standard InChI is InChI=1S/C3H5NO4S2/c5-10(6,7)8-3-4-1-2-9-3/h1-4H,(H,5,6,7). The predicted molar refractivity (Wildman–Crippen MR) is 36.3 cm³/mol. The van der Waals surface area contributed by atoms with Crippen molar-refractivity contribution in [2.45, 2.75) is 5.56 Å². The first kappa shape index (κ1) is 7.86. The van der Waals surface area contributed by atoms with Crippen molar-refractivity contribution in [2.24, 2.45) is 0 Å². The van der Waals surface area contributed by atoms with Crippen molar-refractivity contribution in [2.75, 3.05) is 0 Å². The highest BCUT2D eigenvalue weighted by molar-refractivity contribution is 8.03. The first-order chi connectivity index (χ1) is 4.58. The van der Waals surface area contributed by atoms with Crippen LogP contribution in [0.5, 0.6) is 0 Å². The zero-order valence-electron chi connectivity index (χ0n) is 4.72. The van der Waals surface area contributed by atoms with E-state index in [-0.39, 0.29) is 0 Å². The molecule has 5 nitrogen and oxygen atoms in total. The highest BCUT2D eigenvalue weighted by Gasteiger charge is 2.17. The van der Waals surface area contributed by atoms with Gasteiger partial charge in [0.1, 0.15) is 0 Å². The van der Waals surface area contributed by atoms with Gasteiger partial charge in [0, 0.05) is 6.20 Å². The summed E-state index contributed by atoms with van der Waals surface area (Å²) in [6, 6.07) is 0. The highest BCUT2D eigenvalue weighted by Crippen LogP contribution is 2.17. The SMILES string of the molecule is O=S(=O)(O)OC1NC=CS1. The van der Waals surface area contributed by atoms with Crippen molar-refractivity contribution in [3.8, 4) is 0 Å². The number of thioether (sulfide) groups is 1. The molecule has 10 heavy (non-hydrogen) atoms. The third-order valence-electron chi connectivity index (χ3n) is 0.712. The summed E-state index contributed by atoms with van der Waals surface area (Å²) in [7, 11) is -4.33. The number of hydrogen-bond acceptors (Lipinski definition) is 5. The molecular weight excluding hydrogens is 178 g/mol. The Morgan fingerprint density at radius 2 is 2.40 bits per heavy atom. The molecule has 1 rings (SSSR count). The summed E-state index contributed by atoms with van der Waals surface area (Å²) in [5, 5.41) is 4.16. The second-order valence-electron chi connectivity index (χ2n) is 1.46. The smallest absolute Gasteiger partial charge is 0.356 e. The van der Waals surface area contributed by atoms with E-state index in [1.807, 2.05) is 0 Å². The lowest BCUT2D eigenvalue weighted by Crippen LogP contribution is -2.23. The minimum absolute atomic E-state index is 0.727. The lowest BCUT2D eigenvalue weighted by Gasteiger charge is -2.06. The Morgan fingerprint density at radius 3 is 2.80 bits per heavy atom. The van der Waals surface area contributed by atoms with Crippen LogP contribution in [0.4, 0.5) is 0 Å². The molecule has 0 aromatic heterocycles. The second-order valence-corrected chi connectivity index (χ2v) is 3.48. The molecule has 0 fully saturated rings. The summed E-state index contributed by atoms with van der Waals surface area (Å²) < 4.78 is 32.3. The van der Waals surface area contributed by atoms with E-state index < -0.39 is 16.0 Å². The molecule has 0 aromatic carbocycles. The molecule has 1 atom stereocenters. The quantitative estimate of drug-likeness (QED) is 0.582. The average Bonchev–Trinajstić information content (AvgIpc) is 2.12. The fourth-order valence-electron chi connectivity index (χ4n) is 0.429. The van der Waals surface area contributed by atoms with Gasteiger partial charge >= 0.3 is 10.4 Å². The van der Waals surface area contributed by atoms with Crippen LogP contribution in [0.2, 0.25) is 0 Å². The molecule has 1 heterocycles. The minimum atomic E-state index is -4.33. The largest absolute Gasteiger partial charge is 0.400 e. The third-order valence-corrected chi connectivity index (χ3v) is 2.04. The Balaban J connectivity index is 2.41. The van der Waals surface area contributed by atoms with Crippen molar-refractivity contribution < 1.29 is 17.2 Å². The fraction of sp³-hybridized carbons (Fsp3) is 0.333. The summed E-state index contributed by atoms with van der Waals surface area (Å²) >= 11 is 1.12. The van der Waals surface area contributed by atoms with Crippen LogP contribution >= 0.6 is 11.8 Å².